The summed E-state index contributed by atoms with van der Waals surface area (Å²) in [6, 6.07) is 18.6. The zero-order valence-corrected chi connectivity index (χ0v) is 20.3. The van der Waals surface area contributed by atoms with E-state index in [-0.39, 0.29) is 36.1 Å². The van der Waals surface area contributed by atoms with Crippen molar-refractivity contribution in [1.29, 1.82) is 0 Å². The van der Waals surface area contributed by atoms with Crippen molar-refractivity contribution < 1.29 is 14.4 Å². The van der Waals surface area contributed by atoms with Crippen LogP contribution in [0.2, 0.25) is 0 Å². The van der Waals surface area contributed by atoms with Gasteiger partial charge >= 0.3 is 0 Å². The summed E-state index contributed by atoms with van der Waals surface area (Å²) < 4.78 is 0. The Morgan fingerprint density at radius 3 is 2.47 bits per heavy atom. The third kappa shape index (κ3) is 4.84. The number of carbonyl (C=O) groups excluding carboxylic acids is 3. The van der Waals surface area contributed by atoms with Crippen LogP contribution in [0, 0.1) is 5.92 Å². The molecule has 7 heteroatoms. The van der Waals surface area contributed by atoms with Crippen molar-refractivity contribution in [3.63, 3.8) is 0 Å². The Morgan fingerprint density at radius 2 is 1.69 bits per heavy atom. The van der Waals surface area contributed by atoms with Crippen LogP contribution in [0.1, 0.15) is 59.2 Å². The van der Waals surface area contributed by atoms with Crippen molar-refractivity contribution in [3.8, 4) is 0 Å². The van der Waals surface area contributed by atoms with E-state index in [2.05, 4.69) is 10.6 Å². The summed E-state index contributed by atoms with van der Waals surface area (Å²) in [7, 11) is 0. The van der Waals surface area contributed by atoms with Crippen LogP contribution >= 0.6 is 0 Å². The Morgan fingerprint density at radius 1 is 0.944 bits per heavy atom. The number of nitrogens with one attached hydrogen (secondary N) is 2. The quantitative estimate of drug-likeness (QED) is 0.497. The number of anilines is 2. The molecule has 1 heterocycles. The maximum absolute atomic E-state index is 14.2. The molecule has 1 unspecified atom stereocenters. The molecule has 36 heavy (non-hydrogen) atoms. The van der Waals surface area contributed by atoms with Crippen molar-refractivity contribution in [3.05, 3.63) is 71.8 Å². The van der Waals surface area contributed by atoms with Gasteiger partial charge in [-0.3, -0.25) is 14.4 Å². The van der Waals surface area contributed by atoms with Gasteiger partial charge in [0, 0.05) is 36.7 Å². The minimum absolute atomic E-state index is 0.130. The van der Waals surface area contributed by atoms with Crippen molar-refractivity contribution in [1.82, 2.24) is 5.32 Å². The highest BCUT2D eigenvalue weighted by Crippen LogP contribution is 2.39. The Labute approximate surface area is 211 Å². The summed E-state index contributed by atoms with van der Waals surface area (Å²) >= 11 is 0. The molecule has 1 saturated carbocycles. The summed E-state index contributed by atoms with van der Waals surface area (Å²) in [5, 5.41) is 7.80. The van der Waals surface area contributed by atoms with E-state index >= 15 is 0 Å². The third-order valence-electron chi connectivity index (χ3n) is 7.36. The monoisotopic (exact) mass is 484 g/mol. The molecule has 5 rings (SSSR count). The van der Waals surface area contributed by atoms with Crippen LogP contribution in [-0.4, -0.2) is 36.9 Å². The fourth-order valence-corrected chi connectivity index (χ4v) is 5.55. The largest absolute Gasteiger partial charge is 0.351 e. The van der Waals surface area contributed by atoms with Crippen LogP contribution in [0.4, 0.5) is 11.4 Å². The van der Waals surface area contributed by atoms with E-state index in [0.717, 1.165) is 36.5 Å². The number of nitrogens with zero attached hydrogens (tertiary/aromatic N) is 1. The molecule has 4 N–H and O–H groups in total. The second kappa shape index (κ2) is 10.5. The van der Waals surface area contributed by atoms with E-state index in [1.807, 2.05) is 47.4 Å². The number of rotatable bonds is 5. The van der Waals surface area contributed by atoms with Gasteiger partial charge in [-0.25, -0.2) is 0 Å². The number of hydrogen-bond acceptors (Lipinski definition) is 4. The predicted molar refractivity (Wildman–Crippen MR) is 142 cm³/mol. The number of carbonyl (C=O) groups is 3. The standard InChI is InChI=1S/C29H32N4O3/c30-14-15-31-28(35)22-12-13-25-24(17-22)32-27(34)18-26(20-7-2-1-3-8-20)33(25)29(36)23-11-10-19-6-4-5-9-21(19)16-23/h4-6,9-13,16-17,20,26H,1-3,7-8,14-15,18,30H2,(H,31,35)(H,32,34). The molecule has 1 aliphatic heterocycles. The molecule has 2 aliphatic rings. The zero-order chi connectivity index (χ0) is 25.1. The first-order valence-corrected chi connectivity index (χ1v) is 12.8. The molecule has 1 aliphatic carbocycles. The second-order valence-corrected chi connectivity index (χ2v) is 9.73. The topological polar surface area (TPSA) is 105 Å². The van der Waals surface area contributed by atoms with Gasteiger partial charge in [0.2, 0.25) is 5.91 Å². The Balaban J connectivity index is 1.59. The van der Waals surface area contributed by atoms with E-state index in [9.17, 15) is 14.4 Å². The molecular formula is C29H32N4O3. The fraction of sp³-hybridized carbons (Fsp3) is 0.345. The molecule has 0 bridgehead atoms. The fourth-order valence-electron chi connectivity index (χ4n) is 5.55. The average Bonchev–Trinajstić information content (AvgIpc) is 3.06. The normalized spacial score (nSPS) is 18.3. The lowest BCUT2D eigenvalue weighted by Gasteiger charge is -2.37. The Kier molecular flexibility index (Phi) is 7.00. The lowest BCUT2D eigenvalue weighted by molar-refractivity contribution is -0.116. The average molecular weight is 485 g/mol. The van der Waals surface area contributed by atoms with Crippen LogP contribution in [0.15, 0.2) is 60.7 Å². The maximum atomic E-state index is 14.2. The predicted octanol–water partition coefficient (Wildman–Crippen LogP) is 4.47. The van der Waals surface area contributed by atoms with Gasteiger partial charge in [0.25, 0.3) is 11.8 Å². The molecule has 0 radical (unpaired) electrons. The SMILES string of the molecule is NCCNC(=O)c1ccc2c(c1)NC(=O)CC(C1CCCCC1)N2C(=O)c1ccc2ccccc2c1. The van der Waals surface area contributed by atoms with Crippen LogP contribution in [0.25, 0.3) is 10.8 Å². The summed E-state index contributed by atoms with van der Waals surface area (Å²) in [4.78, 5) is 41.6. The Hall–Kier alpha value is -3.71. The van der Waals surface area contributed by atoms with Crippen LogP contribution in [0.5, 0.6) is 0 Å². The molecule has 3 aromatic rings. The Bertz CT molecular complexity index is 1300. The van der Waals surface area contributed by atoms with Crippen LogP contribution < -0.4 is 21.3 Å². The van der Waals surface area contributed by atoms with Crippen LogP contribution in [0.3, 0.4) is 0 Å². The first kappa shape index (κ1) is 24.0. The number of nitrogens with two attached hydrogens (primary N) is 1. The van der Waals surface area contributed by atoms with Gasteiger partial charge in [-0.05, 0) is 59.9 Å². The van der Waals surface area contributed by atoms with Crippen molar-refractivity contribution in [2.75, 3.05) is 23.3 Å². The smallest absolute Gasteiger partial charge is 0.258 e. The minimum atomic E-state index is -0.266. The maximum Gasteiger partial charge on any atom is 0.258 e. The summed E-state index contributed by atoms with van der Waals surface area (Å²) in [6.07, 6.45) is 5.61. The van der Waals surface area contributed by atoms with E-state index in [0.29, 0.717) is 35.6 Å². The van der Waals surface area contributed by atoms with Crippen LogP contribution in [-0.2, 0) is 4.79 Å². The first-order valence-electron chi connectivity index (χ1n) is 12.8. The number of amides is 3. The molecule has 3 amide bonds. The highest BCUT2D eigenvalue weighted by Gasteiger charge is 2.38. The van der Waals surface area contributed by atoms with E-state index in [1.165, 1.54) is 6.42 Å². The lowest BCUT2D eigenvalue weighted by atomic mass is 9.81. The van der Waals surface area contributed by atoms with E-state index in [1.54, 1.807) is 18.2 Å². The van der Waals surface area contributed by atoms with E-state index in [4.69, 9.17) is 5.73 Å². The number of fused-ring (bicyclic) bond motifs is 2. The lowest BCUT2D eigenvalue weighted by Crippen LogP contribution is -2.46. The molecule has 0 saturated heterocycles. The molecule has 7 nitrogen and oxygen atoms in total. The van der Waals surface area contributed by atoms with Gasteiger partial charge in [0.15, 0.2) is 0 Å². The van der Waals surface area contributed by atoms with E-state index < -0.39 is 0 Å². The summed E-state index contributed by atoms with van der Waals surface area (Å²) in [5.41, 5.74) is 7.62. The zero-order valence-electron chi connectivity index (χ0n) is 20.3. The minimum Gasteiger partial charge on any atom is -0.351 e. The number of benzene rings is 3. The molecule has 186 valence electrons. The van der Waals surface area contributed by atoms with Crippen molar-refractivity contribution in [2.45, 2.75) is 44.6 Å². The molecule has 0 spiro atoms. The molecule has 3 aromatic carbocycles. The van der Waals surface area contributed by atoms with Crippen molar-refractivity contribution in [2.24, 2.45) is 11.7 Å². The first-order chi connectivity index (χ1) is 17.5. The van der Waals surface area contributed by atoms with Crippen molar-refractivity contribution >= 4 is 39.9 Å². The van der Waals surface area contributed by atoms with Gasteiger partial charge in [-0.1, -0.05) is 49.6 Å². The molecule has 0 aromatic heterocycles. The second-order valence-electron chi connectivity index (χ2n) is 9.73. The molecule has 1 fully saturated rings. The highest BCUT2D eigenvalue weighted by molar-refractivity contribution is 6.13. The number of hydrogen-bond donors (Lipinski definition) is 3. The highest BCUT2D eigenvalue weighted by atomic mass is 16.2. The summed E-state index contributed by atoms with van der Waals surface area (Å²) in [5.74, 6) is -0.292. The van der Waals surface area contributed by atoms with Gasteiger partial charge in [0.1, 0.15) is 0 Å². The summed E-state index contributed by atoms with van der Waals surface area (Å²) in [6.45, 7) is 0.698. The molecule has 1 atom stereocenters. The molecular weight excluding hydrogens is 452 g/mol. The van der Waals surface area contributed by atoms with Gasteiger partial charge in [-0.2, -0.15) is 0 Å². The third-order valence-corrected chi connectivity index (χ3v) is 7.36. The van der Waals surface area contributed by atoms with Gasteiger partial charge in [-0.15, -0.1) is 0 Å². The van der Waals surface area contributed by atoms with Gasteiger partial charge in [0.05, 0.1) is 11.4 Å². The van der Waals surface area contributed by atoms with Gasteiger partial charge < -0.3 is 21.3 Å².